The number of nitrogens with two attached hydrogens (primary N) is 1. The lowest BCUT2D eigenvalue weighted by molar-refractivity contribution is -0.129. The number of hydrogen-bond acceptors (Lipinski definition) is 4. The van der Waals surface area contributed by atoms with Gasteiger partial charge < -0.3 is 21.1 Å². The third-order valence-corrected chi connectivity index (χ3v) is 4.75. The van der Waals surface area contributed by atoms with Crippen LogP contribution < -0.4 is 16.4 Å². The van der Waals surface area contributed by atoms with Gasteiger partial charge in [0.1, 0.15) is 18.7 Å². The first kappa shape index (κ1) is 25.2. The topological polar surface area (TPSA) is 111 Å². The second-order valence-electron chi connectivity index (χ2n) is 7.67. The molecule has 0 aromatic heterocycles. The van der Waals surface area contributed by atoms with Crippen molar-refractivity contribution < 1.29 is 19.1 Å². The summed E-state index contributed by atoms with van der Waals surface area (Å²) in [5, 5.41) is 5.27. The third kappa shape index (κ3) is 10.1. The third-order valence-electron chi connectivity index (χ3n) is 4.75. The fourth-order valence-electron chi connectivity index (χ4n) is 2.96. The van der Waals surface area contributed by atoms with Crippen LogP contribution in [0.25, 0.3) is 0 Å². The van der Waals surface area contributed by atoms with E-state index in [1.54, 1.807) is 13.8 Å². The predicted octanol–water partition coefficient (Wildman–Crippen LogP) is 3.43. The second-order valence-corrected chi connectivity index (χ2v) is 7.67. The van der Waals surface area contributed by atoms with Crippen LogP contribution in [0.3, 0.4) is 0 Å². The van der Waals surface area contributed by atoms with E-state index >= 15 is 0 Å². The number of carbonyl (C=O) groups is 3. The smallest absolute Gasteiger partial charge is 0.408 e. The molecule has 0 saturated carbocycles. The number of benzene rings is 1. The second kappa shape index (κ2) is 14.2. The van der Waals surface area contributed by atoms with Gasteiger partial charge in [-0.2, -0.15) is 0 Å². The van der Waals surface area contributed by atoms with Crippen molar-refractivity contribution in [3.05, 3.63) is 48.6 Å². The Bertz CT molecular complexity index is 676. The summed E-state index contributed by atoms with van der Waals surface area (Å²) in [7, 11) is 0. The molecule has 0 unspecified atom stereocenters. The van der Waals surface area contributed by atoms with E-state index in [0.29, 0.717) is 6.42 Å². The highest BCUT2D eigenvalue weighted by Gasteiger charge is 2.28. The number of alkyl carbamates (subject to hydrolysis) is 1. The normalized spacial score (nSPS) is 12.6. The van der Waals surface area contributed by atoms with Gasteiger partial charge in [-0.05, 0) is 30.7 Å². The predicted molar refractivity (Wildman–Crippen MR) is 117 cm³/mol. The average Bonchev–Trinajstić information content (AvgIpc) is 2.72. The monoisotopic (exact) mass is 417 g/mol. The van der Waals surface area contributed by atoms with Crippen LogP contribution >= 0.6 is 0 Å². The zero-order valence-corrected chi connectivity index (χ0v) is 18.1. The van der Waals surface area contributed by atoms with Gasteiger partial charge in [-0.15, -0.1) is 6.58 Å². The number of rotatable bonds is 14. The van der Waals surface area contributed by atoms with E-state index in [9.17, 15) is 14.4 Å². The zero-order chi connectivity index (χ0) is 22.4. The van der Waals surface area contributed by atoms with Crippen LogP contribution in [0.1, 0.15) is 57.9 Å². The van der Waals surface area contributed by atoms with Crippen molar-refractivity contribution >= 4 is 17.9 Å². The van der Waals surface area contributed by atoms with Crippen molar-refractivity contribution in [2.24, 2.45) is 11.7 Å². The van der Waals surface area contributed by atoms with Crippen LogP contribution in [0.2, 0.25) is 0 Å². The number of primary amides is 1. The Kier molecular flexibility index (Phi) is 11.9. The quantitative estimate of drug-likeness (QED) is 0.318. The lowest BCUT2D eigenvalue weighted by Crippen LogP contribution is -2.54. The molecule has 7 nitrogen and oxygen atoms in total. The van der Waals surface area contributed by atoms with Gasteiger partial charge in [-0.3, -0.25) is 9.59 Å². The number of allylic oxidation sites excluding steroid dienone is 1. The first-order valence-electron chi connectivity index (χ1n) is 10.5. The van der Waals surface area contributed by atoms with Crippen molar-refractivity contribution in [2.45, 2.75) is 71.1 Å². The fourth-order valence-corrected chi connectivity index (χ4v) is 2.96. The number of nitrogens with one attached hydrogen (secondary N) is 2. The minimum atomic E-state index is -0.831. The van der Waals surface area contributed by atoms with E-state index < -0.39 is 30.0 Å². The van der Waals surface area contributed by atoms with Gasteiger partial charge in [-0.25, -0.2) is 4.79 Å². The molecule has 0 aliphatic heterocycles. The van der Waals surface area contributed by atoms with Crippen molar-refractivity contribution in [1.29, 1.82) is 0 Å². The molecule has 0 saturated heterocycles. The SMILES string of the molecule is C=CCCCCCC[C@H](NC(=O)[C@@H](NC(=O)OCc1ccccc1)C(C)C)C(N)=O. The number of ether oxygens (including phenoxy) is 1. The standard InChI is InChI=1S/C23H35N3O4/c1-4-5-6-7-8-12-15-19(21(24)27)25-22(28)20(17(2)3)26-23(29)30-16-18-13-10-9-11-14-18/h4,9-11,13-14,17,19-20H,1,5-8,12,15-16H2,2-3H3,(H2,24,27)(H,25,28)(H,26,29)/t19-,20-/m0/s1. The molecule has 1 aromatic carbocycles. The molecule has 0 radical (unpaired) electrons. The van der Waals surface area contributed by atoms with E-state index in [2.05, 4.69) is 17.2 Å². The van der Waals surface area contributed by atoms with Crippen molar-refractivity contribution in [3.63, 3.8) is 0 Å². The van der Waals surface area contributed by atoms with Crippen molar-refractivity contribution in [2.75, 3.05) is 0 Å². The molecule has 4 N–H and O–H groups in total. The summed E-state index contributed by atoms with van der Waals surface area (Å²) in [5.41, 5.74) is 6.31. The van der Waals surface area contributed by atoms with Gasteiger partial charge in [0.2, 0.25) is 11.8 Å². The minimum absolute atomic E-state index is 0.106. The Morgan fingerprint density at radius 2 is 1.73 bits per heavy atom. The number of hydrogen-bond donors (Lipinski definition) is 3. The van der Waals surface area contributed by atoms with Gasteiger partial charge in [0.05, 0.1) is 0 Å². The lowest BCUT2D eigenvalue weighted by Gasteiger charge is -2.24. The molecule has 3 amide bonds. The Labute approximate surface area is 179 Å². The maximum absolute atomic E-state index is 12.7. The van der Waals surface area contributed by atoms with Crippen LogP contribution in [-0.4, -0.2) is 30.0 Å². The van der Waals surface area contributed by atoms with E-state index in [1.165, 1.54) is 0 Å². The maximum Gasteiger partial charge on any atom is 0.408 e. The van der Waals surface area contributed by atoms with Crippen LogP contribution in [-0.2, 0) is 20.9 Å². The molecule has 0 heterocycles. The summed E-state index contributed by atoms with van der Waals surface area (Å²) in [4.78, 5) is 36.6. The Balaban J connectivity index is 2.53. The molecular formula is C23H35N3O4. The first-order chi connectivity index (χ1) is 14.3. The minimum Gasteiger partial charge on any atom is -0.445 e. The largest absolute Gasteiger partial charge is 0.445 e. The summed E-state index contributed by atoms with van der Waals surface area (Å²) in [6.45, 7) is 7.41. The van der Waals surface area contributed by atoms with Gasteiger partial charge in [0, 0.05) is 0 Å². The lowest BCUT2D eigenvalue weighted by atomic mass is 10.0. The molecule has 2 atom stereocenters. The van der Waals surface area contributed by atoms with Gasteiger partial charge in [0.15, 0.2) is 0 Å². The summed E-state index contributed by atoms with van der Waals surface area (Å²) in [5.74, 6) is -1.22. The van der Waals surface area contributed by atoms with E-state index in [1.807, 2.05) is 36.4 Å². The highest BCUT2D eigenvalue weighted by Crippen LogP contribution is 2.10. The summed E-state index contributed by atoms with van der Waals surface area (Å²) < 4.78 is 5.19. The molecule has 0 bridgehead atoms. The summed E-state index contributed by atoms with van der Waals surface area (Å²) >= 11 is 0. The highest BCUT2D eigenvalue weighted by molar-refractivity contribution is 5.90. The molecule has 0 aliphatic rings. The van der Waals surface area contributed by atoms with Crippen LogP contribution in [0.5, 0.6) is 0 Å². The van der Waals surface area contributed by atoms with E-state index in [0.717, 1.165) is 37.7 Å². The van der Waals surface area contributed by atoms with Crippen LogP contribution in [0.15, 0.2) is 43.0 Å². The first-order valence-corrected chi connectivity index (χ1v) is 10.5. The summed E-state index contributed by atoms with van der Waals surface area (Å²) in [6.07, 6.45) is 6.46. The van der Waals surface area contributed by atoms with E-state index in [4.69, 9.17) is 10.5 Å². The van der Waals surface area contributed by atoms with Crippen molar-refractivity contribution in [3.8, 4) is 0 Å². The zero-order valence-electron chi connectivity index (χ0n) is 18.1. The molecule has 1 aromatic rings. The van der Waals surface area contributed by atoms with E-state index in [-0.39, 0.29) is 12.5 Å². The van der Waals surface area contributed by atoms with Gasteiger partial charge in [-0.1, -0.05) is 69.5 Å². The average molecular weight is 418 g/mol. The molecule has 0 aliphatic carbocycles. The van der Waals surface area contributed by atoms with Gasteiger partial charge >= 0.3 is 6.09 Å². The number of carbonyl (C=O) groups excluding carboxylic acids is 3. The Morgan fingerprint density at radius 1 is 1.07 bits per heavy atom. The number of unbranched alkanes of at least 4 members (excludes halogenated alkanes) is 4. The van der Waals surface area contributed by atoms with Crippen LogP contribution in [0.4, 0.5) is 4.79 Å². The molecule has 0 fully saturated rings. The Hall–Kier alpha value is -2.83. The summed E-state index contributed by atoms with van der Waals surface area (Å²) in [6, 6.07) is 7.67. The molecular weight excluding hydrogens is 382 g/mol. The molecule has 1 rings (SSSR count). The highest BCUT2D eigenvalue weighted by atomic mass is 16.5. The maximum atomic E-state index is 12.7. The fraction of sp³-hybridized carbons (Fsp3) is 0.522. The molecule has 30 heavy (non-hydrogen) atoms. The molecule has 7 heteroatoms. The van der Waals surface area contributed by atoms with Gasteiger partial charge in [0.25, 0.3) is 0 Å². The van der Waals surface area contributed by atoms with Crippen molar-refractivity contribution in [1.82, 2.24) is 10.6 Å². The molecule has 166 valence electrons. The molecule has 0 spiro atoms. The van der Waals surface area contributed by atoms with Crippen LogP contribution in [0, 0.1) is 5.92 Å². The Morgan fingerprint density at radius 3 is 2.33 bits per heavy atom. The number of amides is 3.